The zero-order valence-corrected chi connectivity index (χ0v) is 22.1. The van der Waals surface area contributed by atoms with Crippen molar-refractivity contribution >= 4 is 11.7 Å². The van der Waals surface area contributed by atoms with Crippen molar-refractivity contribution in [2.45, 2.75) is 38.5 Å². The molecule has 3 unspecified atom stereocenters. The number of rotatable bonds is 9. The van der Waals surface area contributed by atoms with E-state index >= 15 is 0 Å². The minimum absolute atomic E-state index is 0.182. The Hall–Kier alpha value is -4.79. The van der Waals surface area contributed by atoms with Crippen LogP contribution in [-0.4, -0.2) is 43.4 Å². The van der Waals surface area contributed by atoms with E-state index in [2.05, 4.69) is 21.0 Å². The van der Waals surface area contributed by atoms with Crippen molar-refractivity contribution in [2.24, 2.45) is 11.0 Å². The fraction of sp³-hybridized carbons (Fsp3) is 0.258. The summed E-state index contributed by atoms with van der Waals surface area (Å²) in [4.78, 5) is 25.2. The highest BCUT2D eigenvalue weighted by molar-refractivity contribution is 6.37. The number of carbonyl (C=O) groups is 1. The second-order valence-corrected chi connectivity index (χ2v) is 9.82. The Balaban J connectivity index is 1.40. The Kier molecular flexibility index (Phi) is 7.09. The Bertz CT molecular complexity index is 1530. The molecule has 6 rings (SSSR count). The number of carboxylic acids is 1. The van der Waals surface area contributed by atoms with Gasteiger partial charge in [-0.3, -0.25) is 9.99 Å². The second kappa shape index (κ2) is 11.1. The second-order valence-electron chi connectivity index (χ2n) is 9.82. The molecule has 4 aromatic rings. The molecule has 0 saturated carbocycles. The number of hydrogen-bond acceptors (Lipinski definition) is 8. The Morgan fingerprint density at radius 2 is 1.90 bits per heavy atom. The van der Waals surface area contributed by atoms with Crippen molar-refractivity contribution in [1.29, 1.82) is 0 Å². The van der Waals surface area contributed by atoms with Crippen molar-refractivity contribution in [2.75, 3.05) is 6.61 Å². The molecule has 3 heterocycles. The van der Waals surface area contributed by atoms with Gasteiger partial charge in [-0.15, -0.1) is 0 Å². The van der Waals surface area contributed by atoms with Crippen molar-refractivity contribution in [3.63, 3.8) is 0 Å². The lowest BCUT2D eigenvalue weighted by Gasteiger charge is -2.38. The maximum atomic E-state index is 12.4. The van der Waals surface area contributed by atoms with Gasteiger partial charge in [0.15, 0.2) is 5.71 Å². The molecule has 202 valence electrons. The largest absolute Gasteiger partial charge is 0.494 e. The minimum Gasteiger partial charge on any atom is -0.494 e. The standard InChI is InChI=1S/C31H29N5O4/c1-2-39-23-7-5-6-22(15-23)29(27-8-3-4-13-34-27)36-30-25-12-10-24(40-18-20-16-32-19-33-17-20)14-21(25)9-11-26(30)28(35-36)31(37)38/h3-8,10,12-17,19,26,29-30H,2,9,11,18H2,1H3,(H,37,38). The van der Waals surface area contributed by atoms with E-state index in [1.165, 1.54) is 6.33 Å². The topological polar surface area (TPSA) is 110 Å². The lowest BCUT2D eigenvalue weighted by Crippen LogP contribution is -2.34. The highest BCUT2D eigenvalue weighted by atomic mass is 16.5. The van der Waals surface area contributed by atoms with E-state index < -0.39 is 12.0 Å². The van der Waals surface area contributed by atoms with E-state index in [1.807, 2.05) is 66.5 Å². The van der Waals surface area contributed by atoms with Crippen LogP contribution in [0.5, 0.6) is 11.5 Å². The number of hydrazone groups is 1. The van der Waals surface area contributed by atoms with Crippen LogP contribution < -0.4 is 9.47 Å². The summed E-state index contributed by atoms with van der Waals surface area (Å²) in [5.41, 5.74) is 4.95. The summed E-state index contributed by atoms with van der Waals surface area (Å²) >= 11 is 0. The van der Waals surface area contributed by atoms with E-state index in [4.69, 9.17) is 14.6 Å². The molecule has 9 heteroatoms. The van der Waals surface area contributed by atoms with Crippen LogP contribution in [0.2, 0.25) is 0 Å². The first-order valence-corrected chi connectivity index (χ1v) is 13.4. The van der Waals surface area contributed by atoms with Crippen LogP contribution in [-0.2, 0) is 17.8 Å². The lowest BCUT2D eigenvalue weighted by atomic mass is 9.77. The van der Waals surface area contributed by atoms with Gasteiger partial charge in [-0.05, 0) is 72.9 Å². The van der Waals surface area contributed by atoms with Gasteiger partial charge >= 0.3 is 5.97 Å². The third-order valence-corrected chi connectivity index (χ3v) is 7.35. The Labute approximate surface area is 232 Å². The molecule has 40 heavy (non-hydrogen) atoms. The maximum absolute atomic E-state index is 12.4. The molecule has 2 aromatic carbocycles. The predicted octanol–water partition coefficient (Wildman–Crippen LogP) is 5.00. The average Bonchev–Trinajstić information content (AvgIpc) is 3.38. The molecule has 1 aliphatic carbocycles. The number of benzene rings is 2. The summed E-state index contributed by atoms with van der Waals surface area (Å²) in [5.74, 6) is 0.248. The number of aliphatic carboxylic acids is 1. The summed E-state index contributed by atoms with van der Waals surface area (Å²) in [6.07, 6.45) is 8.11. The molecule has 2 aliphatic rings. The van der Waals surface area contributed by atoms with Crippen LogP contribution in [0.15, 0.2) is 90.7 Å². The van der Waals surface area contributed by atoms with Crippen LogP contribution >= 0.6 is 0 Å². The molecule has 3 atom stereocenters. The van der Waals surface area contributed by atoms with Gasteiger partial charge in [-0.1, -0.05) is 24.3 Å². The highest BCUT2D eigenvalue weighted by Gasteiger charge is 2.47. The SMILES string of the molecule is CCOc1cccc(C(c2ccccn2)N2N=C(C(=O)O)C3CCc4cc(OCc5cncnc5)ccc4C32)c1. The van der Waals surface area contributed by atoms with Crippen molar-refractivity contribution in [1.82, 2.24) is 20.0 Å². The summed E-state index contributed by atoms with van der Waals surface area (Å²) in [5, 5.41) is 16.9. The molecule has 0 amide bonds. The summed E-state index contributed by atoms with van der Waals surface area (Å²) in [7, 11) is 0. The molecule has 1 aliphatic heterocycles. The molecule has 0 radical (unpaired) electrons. The maximum Gasteiger partial charge on any atom is 0.352 e. The fourth-order valence-corrected chi connectivity index (χ4v) is 5.67. The van der Waals surface area contributed by atoms with E-state index in [9.17, 15) is 9.90 Å². The zero-order chi connectivity index (χ0) is 27.5. The van der Waals surface area contributed by atoms with Crippen LogP contribution in [0, 0.1) is 5.92 Å². The molecular weight excluding hydrogens is 506 g/mol. The first-order chi connectivity index (χ1) is 19.6. The lowest BCUT2D eigenvalue weighted by molar-refractivity contribution is -0.129. The number of ether oxygens (including phenoxy) is 2. The molecule has 0 fully saturated rings. The van der Waals surface area contributed by atoms with Crippen LogP contribution in [0.4, 0.5) is 0 Å². The summed E-state index contributed by atoms with van der Waals surface area (Å²) in [6.45, 7) is 2.85. The number of aryl methyl sites for hydroxylation is 1. The smallest absolute Gasteiger partial charge is 0.352 e. The van der Waals surface area contributed by atoms with Crippen LogP contribution in [0.3, 0.4) is 0 Å². The zero-order valence-electron chi connectivity index (χ0n) is 22.1. The van der Waals surface area contributed by atoms with E-state index in [-0.39, 0.29) is 17.7 Å². The number of carboxylic acid groups (broad SMARTS) is 1. The Morgan fingerprint density at radius 3 is 2.67 bits per heavy atom. The normalized spacial score (nSPS) is 18.3. The number of nitrogens with zero attached hydrogens (tertiary/aromatic N) is 5. The minimum atomic E-state index is -0.992. The molecule has 2 aromatic heterocycles. The van der Waals surface area contributed by atoms with E-state index in [0.717, 1.165) is 45.9 Å². The van der Waals surface area contributed by atoms with Gasteiger partial charge in [0, 0.05) is 30.1 Å². The molecule has 9 nitrogen and oxygen atoms in total. The predicted molar refractivity (Wildman–Crippen MR) is 148 cm³/mol. The number of pyridine rings is 1. The number of fused-ring (bicyclic) bond motifs is 3. The fourth-order valence-electron chi connectivity index (χ4n) is 5.67. The van der Waals surface area contributed by atoms with Crippen LogP contribution in [0.25, 0.3) is 0 Å². The number of aromatic nitrogens is 3. The third-order valence-electron chi connectivity index (χ3n) is 7.35. The monoisotopic (exact) mass is 535 g/mol. The quantitative estimate of drug-likeness (QED) is 0.319. The molecule has 1 N–H and O–H groups in total. The first kappa shape index (κ1) is 25.5. The number of hydrogen-bond donors (Lipinski definition) is 1. The molecule has 0 spiro atoms. The molecular formula is C31H29N5O4. The molecule has 0 saturated heterocycles. The van der Waals surface area contributed by atoms with Crippen molar-refractivity contribution < 1.29 is 19.4 Å². The van der Waals surface area contributed by atoms with Gasteiger partial charge < -0.3 is 14.6 Å². The first-order valence-electron chi connectivity index (χ1n) is 13.4. The van der Waals surface area contributed by atoms with Gasteiger partial charge in [0.05, 0.1) is 18.3 Å². The Morgan fingerprint density at radius 1 is 1.05 bits per heavy atom. The van der Waals surface area contributed by atoms with Gasteiger partial charge in [0.25, 0.3) is 0 Å². The van der Waals surface area contributed by atoms with Crippen molar-refractivity contribution in [3.8, 4) is 11.5 Å². The highest BCUT2D eigenvalue weighted by Crippen LogP contribution is 2.49. The summed E-state index contributed by atoms with van der Waals surface area (Å²) < 4.78 is 11.8. The van der Waals surface area contributed by atoms with Crippen molar-refractivity contribution in [3.05, 3.63) is 114 Å². The summed E-state index contributed by atoms with van der Waals surface area (Å²) in [6, 6.07) is 19.0. The average molecular weight is 536 g/mol. The van der Waals surface area contributed by atoms with Gasteiger partial charge in [-0.2, -0.15) is 5.10 Å². The van der Waals surface area contributed by atoms with Gasteiger partial charge in [0.1, 0.15) is 30.5 Å². The molecule has 0 bridgehead atoms. The van der Waals surface area contributed by atoms with Gasteiger partial charge in [0.2, 0.25) is 0 Å². The third kappa shape index (κ3) is 4.98. The van der Waals surface area contributed by atoms with Gasteiger partial charge in [-0.25, -0.2) is 14.8 Å². The van der Waals surface area contributed by atoms with E-state index in [1.54, 1.807) is 18.6 Å². The van der Waals surface area contributed by atoms with Crippen LogP contribution in [0.1, 0.15) is 53.4 Å². The van der Waals surface area contributed by atoms with E-state index in [0.29, 0.717) is 19.6 Å².